The zero-order valence-corrected chi connectivity index (χ0v) is 11.7. The van der Waals surface area contributed by atoms with Crippen LogP contribution < -0.4 is 5.73 Å². The van der Waals surface area contributed by atoms with Gasteiger partial charge in [0.2, 0.25) is 0 Å². The summed E-state index contributed by atoms with van der Waals surface area (Å²) in [7, 11) is 0. The Kier molecular flexibility index (Phi) is 3.14. The van der Waals surface area contributed by atoms with E-state index in [0.717, 1.165) is 29.9 Å². The summed E-state index contributed by atoms with van der Waals surface area (Å²) in [5.41, 5.74) is 9.95. The van der Waals surface area contributed by atoms with Crippen molar-refractivity contribution in [1.82, 2.24) is 24.4 Å². The average molecular weight is 270 g/mol. The van der Waals surface area contributed by atoms with Crippen LogP contribution in [0.1, 0.15) is 30.3 Å². The molecule has 2 N–H and O–H groups in total. The van der Waals surface area contributed by atoms with E-state index in [4.69, 9.17) is 5.73 Å². The van der Waals surface area contributed by atoms with Crippen LogP contribution in [0.15, 0.2) is 24.5 Å². The number of imidazole rings is 1. The van der Waals surface area contributed by atoms with Gasteiger partial charge in [-0.25, -0.2) is 9.67 Å². The van der Waals surface area contributed by atoms with Gasteiger partial charge in [-0.3, -0.25) is 0 Å². The van der Waals surface area contributed by atoms with E-state index in [0.29, 0.717) is 12.4 Å². The van der Waals surface area contributed by atoms with Gasteiger partial charge in [0.05, 0.1) is 17.9 Å². The monoisotopic (exact) mass is 270 g/mol. The van der Waals surface area contributed by atoms with Gasteiger partial charge in [-0.1, -0.05) is 24.6 Å². The summed E-state index contributed by atoms with van der Waals surface area (Å²) in [5.74, 6) is 0.520. The van der Waals surface area contributed by atoms with Gasteiger partial charge in [-0.15, -0.1) is 5.10 Å². The third kappa shape index (κ3) is 2.24. The Morgan fingerprint density at radius 2 is 2.10 bits per heavy atom. The topological polar surface area (TPSA) is 74.0 Å². The molecule has 0 atom stereocenters. The van der Waals surface area contributed by atoms with Crippen molar-refractivity contribution in [3.63, 3.8) is 0 Å². The molecule has 20 heavy (non-hydrogen) atoms. The number of nitrogens with zero attached hydrogens (tertiary/aromatic N) is 5. The molecule has 0 radical (unpaired) electrons. The fraction of sp³-hybridized carbons (Fsp3) is 0.357. The predicted molar refractivity (Wildman–Crippen MR) is 77.5 cm³/mol. The minimum Gasteiger partial charge on any atom is -0.381 e. The summed E-state index contributed by atoms with van der Waals surface area (Å²) < 4.78 is 3.87. The number of fused-ring (bicyclic) bond motifs is 1. The normalized spacial score (nSPS) is 11.3. The smallest absolute Gasteiger partial charge is 0.169 e. The molecular formula is C14H18N6. The fourth-order valence-corrected chi connectivity index (χ4v) is 2.35. The summed E-state index contributed by atoms with van der Waals surface area (Å²) >= 11 is 0. The van der Waals surface area contributed by atoms with E-state index < -0.39 is 0 Å². The van der Waals surface area contributed by atoms with Crippen molar-refractivity contribution >= 4 is 11.5 Å². The third-order valence-corrected chi connectivity index (χ3v) is 3.32. The molecule has 0 aliphatic carbocycles. The zero-order valence-electron chi connectivity index (χ0n) is 11.7. The standard InChI is InChI=1S/C14H18N6/c1-3-4-12-14(15)17-18-20(12)9-11-8-19-7-10(2)5-6-13(19)16-11/h5-8H,3-4,9,15H2,1-2H3. The highest BCUT2D eigenvalue weighted by Gasteiger charge is 2.11. The van der Waals surface area contributed by atoms with Crippen molar-refractivity contribution in [1.29, 1.82) is 0 Å². The van der Waals surface area contributed by atoms with Gasteiger partial charge in [0.25, 0.3) is 0 Å². The Morgan fingerprint density at radius 3 is 2.90 bits per heavy atom. The second-order valence-electron chi connectivity index (χ2n) is 5.03. The quantitative estimate of drug-likeness (QED) is 0.784. The Labute approximate surface area is 117 Å². The number of rotatable bonds is 4. The highest BCUT2D eigenvalue weighted by atomic mass is 15.4. The van der Waals surface area contributed by atoms with Crippen molar-refractivity contribution in [3.8, 4) is 0 Å². The summed E-state index contributed by atoms with van der Waals surface area (Å²) in [6.45, 7) is 4.78. The molecule has 0 aromatic carbocycles. The lowest BCUT2D eigenvalue weighted by Crippen LogP contribution is -2.07. The highest BCUT2D eigenvalue weighted by Crippen LogP contribution is 2.13. The number of aryl methyl sites for hydroxylation is 1. The average Bonchev–Trinajstić information content (AvgIpc) is 2.96. The molecule has 0 saturated carbocycles. The maximum absolute atomic E-state index is 5.86. The SMILES string of the molecule is CCCc1c(N)nnn1Cc1cn2cc(C)ccc2n1. The Balaban J connectivity index is 1.93. The zero-order chi connectivity index (χ0) is 14.1. The summed E-state index contributed by atoms with van der Waals surface area (Å²) in [4.78, 5) is 4.59. The van der Waals surface area contributed by atoms with Crippen molar-refractivity contribution in [2.45, 2.75) is 33.2 Å². The number of anilines is 1. The van der Waals surface area contributed by atoms with E-state index >= 15 is 0 Å². The van der Waals surface area contributed by atoms with E-state index in [2.05, 4.69) is 41.4 Å². The molecule has 3 aromatic heterocycles. The van der Waals surface area contributed by atoms with Crippen LogP contribution in [0.2, 0.25) is 0 Å². The first-order valence-electron chi connectivity index (χ1n) is 6.79. The molecule has 6 heteroatoms. The minimum atomic E-state index is 0.520. The summed E-state index contributed by atoms with van der Waals surface area (Å²) in [6, 6.07) is 4.07. The maximum Gasteiger partial charge on any atom is 0.169 e. The fourth-order valence-electron chi connectivity index (χ4n) is 2.35. The molecule has 3 aromatic rings. The van der Waals surface area contributed by atoms with Crippen LogP contribution in [0.5, 0.6) is 0 Å². The Hall–Kier alpha value is -2.37. The molecule has 0 aliphatic rings. The first-order chi connectivity index (χ1) is 9.67. The van der Waals surface area contributed by atoms with Crippen LogP contribution in [0, 0.1) is 6.92 Å². The molecule has 0 unspecified atom stereocenters. The summed E-state index contributed by atoms with van der Waals surface area (Å²) in [5, 5.41) is 8.07. The lowest BCUT2D eigenvalue weighted by molar-refractivity contribution is 0.606. The molecule has 0 saturated heterocycles. The molecule has 3 rings (SSSR count). The van der Waals surface area contributed by atoms with Crippen LogP contribution in [0.4, 0.5) is 5.82 Å². The molecule has 0 fully saturated rings. The molecule has 0 aliphatic heterocycles. The molecule has 104 valence electrons. The lowest BCUT2D eigenvalue weighted by Gasteiger charge is -2.03. The van der Waals surface area contributed by atoms with Crippen LogP contribution in [-0.4, -0.2) is 24.4 Å². The lowest BCUT2D eigenvalue weighted by atomic mass is 10.2. The molecule has 3 heterocycles. The van der Waals surface area contributed by atoms with E-state index in [9.17, 15) is 0 Å². The van der Waals surface area contributed by atoms with Crippen molar-refractivity contribution in [2.24, 2.45) is 0 Å². The molecular weight excluding hydrogens is 252 g/mol. The van der Waals surface area contributed by atoms with Crippen molar-refractivity contribution in [3.05, 3.63) is 41.5 Å². The predicted octanol–water partition coefficient (Wildman–Crippen LogP) is 1.82. The first kappa shape index (κ1) is 12.7. The van der Waals surface area contributed by atoms with Crippen molar-refractivity contribution in [2.75, 3.05) is 5.73 Å². The van der Waals surface area contributed by atoms with E-state index in [1.54, 1.807) is 0 Å². The minimum absolute atomic E-state index is 0.520. The third-order valence-electron chi connectivity index (χ3n) is 3.32. The van der Waals surface area contributed by atoms with Gasteiger partial charge in [-0.05, 0) is 25.0 Å². The van der Waals surface area contributed by atoms with E-state index in [1.165, 1.54) is 5.56 Å². The second kappa shape index (κ2) is 4.96. The Bertz CT molecular complexity index is 739. The first-order valence-corrected chi connectivity index (χ1v) is 6.79. The Morgan fingerprint density at radius 1 is 1.25 bits per heavy atom. The number of pyridine rings is 1. The summed E-state index contributed by atoms with van der Waals surface area (Å²) in [6.07, 6.45) is 5.98. The van der Waals surface area contributed by atoms with Crippen molar-refractivity contribution < 1.29 is 0 Å². The number of nitrogens with two attached hydrogens (primary N) is 1. The van der Waals surface area contributed by atoms with Crippen LogP contribution in [0.3, 0.4) is 0 Å². The molecule has 6 nitrogen and oxygen atoms in total. The molecule has 0 bridgehead atoms. The number of aromatic nitrogens is 5. The van der Waals surface area contributed by atoms with E-state index in [-0.39, 0.29) is 0 Å². The van der Waals surface area contributed by atoms with Gasteiger partial charge >= 0.3 is 0 Å². The van der Waals surface area contributed by atoms with Gasteiger partial charge in [-0.2, -0.15) is 0 Å². The highest BCUT2D eigenvalue weighted by molar-refractivity contribution is 5.41. The molecule has 0 spiro atoms. The van der Waals surface area contributed by atoms with Crippen LogP contribution in [0.25, 0.3) is 5.65 Å². The van der Waals surface area contributed by atoms with Gasteiger partial charge in [0.15, 0.2) is 5.82 Å². The second-order valence-corrected chi connectivity index (χ2v) is 5.03. The molecule has 0 amide bonds. The maximum atomic E-state index is 5.86. The van der Waals surface area contributed by atoms with Crippen LogP contribution >= 0.6 is 0 Å². The van der Waals surface area contributed by atoms with Crippen LogP contribution in [-0.2, 0) is 13.0 Å². The van der Waals surface area contributed by atoms with E-state index in [1.807, 2.05) is 21.3 Å². The largest absolute Gasteiger partial charge is 0.381 e. The number of hydrogen-bond donors (Lipinski definition) is 1. The van der Waals surface area contributed by atoms with Gasteiger partial charge in [0.1, 0.15) is 5.65 Å². The number of hydrogen-bond acceptors (Lipinski definition) is 4. The van der Waals surface area contributed by atoms with Gasteiger partial charge in [0, 0.05) is 12.4 Å². The number of nitrogen functional groups attached to an aromatic ring is 1. The van der Waals surface area contributed by atoms with Gasteiger partial charge < -0.3 is 10.1 Å².